The van der Waals surface area contributed by atoms with E-state index >= 15 is 0 Å². The number of amides is 2. The number of morpholine rings is 1. The molecule has 9 heteroatoms. The predicted molar refractivity (Wildman–Crippen MR) is 75.0 cm³/mol. The fourth-order valence-corrected chi connectivity index (χ4v) is 3.74. The van der Waals surface area contributed by atoms with Gasteiger partial charge in [-0.05, 0) is 6.42 Å². The molecule has 2 amide bonds. The van der Waals surface area contributed by atoms with Crippen molar-refractivity contribution in [3.63, 3.8) is 0 Å². The third-order valence-corrected chi connectivity index (χ3v) is 5.42. The molecule has 2 aliphatic heterocycles. The predicted octanol–water partition coefficient (Wildman–Crippen LogP) is -1.61. The molecule has 2 saturated heterocycles. The van der Waals surface area contributed by atoms with E-state index in [2.05, 4.69) is 5.32 Å². The highest BCUT2D eigenvalue weighted by molar-refractivity contribution is 7.89. The number of carbonyl (C=O) groups is 2. The van der Waals surface area contributed by atoms with Crippen molar-refractivity contribution in [1.29, 1.82) is 0 Å². The smallest absolute Gasteiger partial charge is 0.239 e. The average Bonchev–Trinajstić information content (AvgIpc) is 2.70. The summed E-state index contributed by atoms with van der Waals surface area (Å²) in [4.78, 5) is 24.9. The Bertz CT molecular complexity index is 487. The van der Waals surface area contributed by atoms with E-state index in [1.807, 2.05) is 0 Å². The summed E-state index contributed by atoms with van der Waals surface area (Å²) in [5, 5.41) is 2.68. The lowest BCUT2D eigenvalue weighted by molar-refractivity contribution is -0.134. The number of nitrogens with one attached hydrogen (secondary N) is 1. The van der Waals surface area contributed by atoms with Crippen LogP contribution in [0.25, 0.3) is 0 Å². The molecule has 0 bridgehead atoms. The van der Waals surface area contributed by atoms with Gasteiger partial charge in [-0.3, -0.25) is 9.59 Å². The van der Waals surface area contributed by atoms with E-state index in [1.165, 1.54) is 9.21 Å². The number of hydrogen-bond donors (Lipinski definition) is 1. The number of sulfonamides is 1. The van der Waals surface area contributed by atoms with Gasteiger partial charge in [-0.2, -0.15) is 4.31 Å². The number of nitrogens with zero attached hydrogens (tertiary/aromatic N) is 2. The minimum Gasteiger partial charge on any atom is -0.379 e. The van der Waals surface area contributed by atoms with Crippen LogP contribution >= 0.6 is 0 Å². The van der Waals surface area contributed by atoms with Crippen LogP contribution in [0.15, 0.2) is 0 Å². The number of hydrogen-bond acceptors (Lipinski definition) is 5. The molecular weight excluding hydrogens is 298 g/mol. The summed E-state index contributed by atoms with van der Waals surface area (Å²) in [5.74, 6) is -0.704. The van der Waals surface area contributed by atoms with Crippen LogP contribution in [0.5, 0.6) is 0 Å². The molecule has 1 N–H and O–H groups in total. The zero-order valence-corrected chi connectivity index (χ0v) is 12.7. The molecule has 0 aromatic carbocycles. The molecule has 0 aromatic rings. The third-order valence-electron chi connectivity index (χ3n) is 3.55. The summed E-state index contributed by atoms with van der Waals surface area (Å²) in [5.41, 5.74) is 0. The monoisotopic (exact) mass is 319 g/mol. The summed E-state index contributed by atoms with van der Waals surface area (Å²) in [6, 6.07) is 0. The zero-order chi connectivity index (χ0) is 15.3. The minimum absolute atomic E-state index is 0.0104. The Kier molecular flexibility index (Phi) is 5.54. The maximum Gasteiger partial charge on any atom is 0.239 e. The van der Waals surface area contributed by atoms with Crippen LogP contribution in [0.1, 0.15) is 12.8 Å². The van der Waals surface area contributed by atoms with Gasteiger partial charge in [-0.1, -0.05) is 0 Å². The Morgan fingerprint density at radius 3 is 2.67 bits per heavy atom. The third kappa shape index (κ3) is 4.65. The van der Waals surface area contributed by atoms with Gasteiger partial charge >= 0.3 is 0 Å². The van der Waals surface area contributed by atoms with Crippen LogP contribution in [0.2, 0.25) is 0 Å². The second-order valence-electron chi connectivity index (χ2n) is 5.10. The SMILES string of the molecule is O=C1CN(C(=O)CCS(=O)(=O)N2CCOCC2)CCCN1. The Hall–Kier alpha value is -1.19. The molecular formula is C12H21N3O5S. The quantitative estimate of drug-likeness (QED) is 0.672. The summed E-state index contributed by atoms with van der Waals surface area (Å²) in [7, 11) is -3.43. The normalized spacial score (nSPS) is 21.7. The maximum absolute atomic E-state index is 12.1. The highest BCUT2D eigenvalue weighted by atomic mass is 32.2. The fourth-order valence-electron chi connectivity index (χ4n) is 2.35. The minimum atomic E-state index is -3.43. The summed E-state index contributed by atoms with van der Waals surface area (Å²) in [6.07, 6.45) is 0.598. The molecule has 2 heterocycles. The van der Waals surface area contributed by atoms with Crippen molar-refractivity contribution >= 4 is 21.8 Å². The average molecular weight is 319 g/mol. The van der Waals surface area contributed by atoms with Crippen molar-refractivity contribution in [2.24, 2.45) is 0 Å². The van der Waals surface area contributed by atoms with E-state index in [-0.39, 0.29) is 30.5 Å². The van der Waals surface area contributed by atoms with Crippen molar-refractivity contribution in [3.05, 3.63) is 0 Å². The summed E-state index contributed by atoms with van der Waals surface area (Å²) < 4.78 is 30.7. The van der Waals surface area contributed by atoms with Gasteiger partial charge in [0, 0.05) is 32.6 Å². The van der Waals surface area contributed by atoms with E-state index in [4.69, 9.17) is 4.74 Å². The first kappa shape index (κ1) is 16.2. The molecule has 2 aliphatic rings. The lowest BCUT2D eigenvalue weighted by Gasteiger charge is -2.26. The first-order valence-corrected chi connectivity index (χ1v) is 8.70. The van der Waals surface area contributed by atoms with Gasteiger partial charge < -0.3 is 15.0 Å². The number of rotatable bonds is 4. The second-order valence-corrected chi connectivity index (χ2v) is 7.18. The highest BCUT2D eigenvalue weighted by Gasteiger charge is 2.27. The van der Waals surface area contributed by atoms with Crippen LogP contribution in [0, 0.1) is 0 Å². The second kappa shape index (κ2) is 7.19. The highest BCUT2D eigenvalue weighted by Crippen LogP contribution is 2.08. The first-order chi connectivity index (χ1) is 9.99. The zero-order valence-electron chi connectivity index (χ0n) is 11.9. The van der Waals surface area contributed by atoms with Gasteiger partial charge in [0.1, 0.15) is 0 Å². The van der Waals surface area contributed by atoms with Gasteiger partial charge in [0.05, 0.1) is 25.5 Å². The lowest BCUT2D eigenvalue weighted by atomic mass is 10.3. The van der Waals surface area contributed by atoms with Crippen LogP contribution < -0.4 is 5.32 Å². The largest absolute Gasteiger partial charge is 0.379 e. The van der Waals surface area contributed by atoms with Crippen molar-refractivity contribution in [1.82, 2.24) is 14.5 Å². The van der Waals surface area contributed by atoms with Gasteiger partial charge in [-0.25, -0.2) is 8.42 Å². The molecule has 21 heavy (non-hydrogen) atoms. The number of ether oxygens (including phenoxy) is 1. The van der Waals surface area contributed by atoms with E-state index in [0.29, 0.717) is 45.8 Å². The molecule has 0 radical (unpaired) electrons. The van der Waals surface area contributed by atoms with Crippen molar-refractivity contribution < 1.29 is 22.7 Å². The van der Waals surface area contributed by atoms with E-state index in [0.717, 1.165) is 0 Å². The number of carbonyl (C=O) groups excluding carboxylic acids is 2. The Labute approximate surface area is 124 Å². The van der Waals surface area contributed by atoms with Crippen LogP contribution in [0.4, 0.5) is 0 Å². The standard InChI is InChI=1S/C12H21N3O5S/c16-11-10-14(4-1-3-13-11)12(17)2-9-21(18,19)15-5-7-20-8-6-15/h1-10H2,(H,13,16). The van der Waals surface area contributed by atoms with Gasteiger partial charge in [-0.15, -0.1) is 0 Å². The molecule has 120 valence electrons. The fraction of sp³-hybridized carbons (Fsp3) is 0.833. The molecule has 0 aromatic heterocycles. The van der Waals surface area contributed by atoms with Gasteiger partial charge in [0.15, 0.2) is 0 Å². The molecule has 0 atom stereocenters. The van der Waals surface area contributed by atoms with E-state index in [1.54, 1.807) is 0 Å². The first-order valence-electron chi connectivity index (χ1n) is 7.09. The van der Waals surface area contributed by atoms with Crippen molar-refractivity contribution in [2.45, 2.75) is 12.8 Å². The van der Waals surface area contributed by atoms with E-state index in [9.17, 15) is 18.0 Å². The van der Waals surface area contributed by atoms with Crippen LogP contribution in [-0.2, 0) is 24.3 Å². The lowest BCUT2D eigenvalue weighted by Crippen LogP contribution is -2.43. The molecule has 0 spiro atoms. The van der Waals surface area contributed by atoms with Crippen LogP contribution in [-0.4, -0.2) is 81.1 Å². The van der Waals surface area contributed by atoms with Crippen molar-refractivity contribution in [2.75, 3.05) is 51.7 Å². The molecule has 2 fully saturated rings. The molecule has 8 nitrogen and oxygen atoms in total. The molecule has 0 aliphatic carbocycles. The Morgan fingerprint density at radius 1 is 1.24 bits per heavy atom. The van der Waals surface area contributed by atoms with Gasteiger partial charge in [0.2, 0.25) is 21.8 Å². The Morgan fingerprint density at radius 2 is 1.95 bits per heavy atom. The summed E-state index contributed by atoms with van der Waals surface area (Å²) in [6.45, 7) is 2.49. The molecule has 2 rings (SSSR count). The van der Waals surface area contributed by atoms with E-state index < -0.39 is 10.0 Å². The molecule has 0 unspecified atom stereocenters. The Balaban J connectivity index is 1.86. The summed E-state index contributed by atoms with van der Waals surface area (Å²) >= 11 is 0. The van der Waals surface area contributed by atoms with Gasteiger partial charge in [0.25, 0.3) is 0 Å². The maximum atomic E-state index is 12.1. The topological polar surface area (TPSA) is 96.0 Å². The molecule has 0 saturated carbocycles. The van der Waals surface area contributed by atoms with Crippen LogP contribution in [0.3, 0.4) is 0 Å². The van der Waals surface area contributed by atoms with Crippen molar-refractivity contribution in [3.8, 4) is 0 Å².